The van der Waals surface area contributed by atoms with Gasteiger partial charge >= 0.3 is 6.09 Å². The summed E-state index contributed by atoms with van der Waals surface area (Å²) in [4.78, 5) is 27.3. The second kappa shape index (κ2) is 6.68. The largest absolute Gasteiger partial charge is 0.465 e. The second-order valence-corrected chi connectivity index (χ2v) is 6.14. The number of rotatable bonds is 2. The number of hydrogen-bond donors (Lipinski definition) is 0. The average Bonchev–Trinajstić information content (AvgIpc) is 2.96. The fourth-order valence-electron chi connectivity index (χ4n) is 2.08. The van der Waals surface area contributed by atoms with Crippen molar-refractivity contribution in [1.82, 2.24) is 9.80 Å². The molecule has 6 heteroatoms. The third-order valence-corrected chi connectivity index (χ3v) is 3.18. The predicted molar refractivity (Wildman–Crippen MR) is 82.1 cm³/mol. The molecule has 1 fully saturated rings. The quantitative estimate of drug-likeness (QED) is 0.787. The molecule has 2 heterocycles. The Morgan fingerprint density at radius 2 is 1.82 bits per heavy atom. The van der Waals surface area contributed by atoms with E-state index in [0.29, 0.717) is 31.9 Å². The van der Waals surface area contributed by atoms with E-state index in [0.717, 1.165) is 0 Å². The second-order valence-electron chi connectivity index (χ2n) is 6.14. The Hall–Kier alpha value is -2.24. The average molecular weight is 306 g/mol. The zero-order chi connectivity index (χ0) is 16.2. The summed E-state index contributed by atoms with van der Waals surface area (Å²) >= 11 is 0. The van der Waals surface area contributed by atoms with E-state index in [1.165, 1.54) is 6.08 Å². The van der Waals surface area contributed by atoms with Crippen LogP contribution < -0.4 is 0 Å². The SMILES string of the molecule is CC(C)(C)OC(=O)N1CCN(C(=O)/C=C/c2ccco2)CC1. The van der Waals surface area contributed by atoms with E-state index in [4.69, 9.17) is 9.15 Å². The lowest BCUT2D eigenvalue weighted by atomic mass is 10.2. The van der Waals surface area contributed by atoms with Crippen molar-refractivity contribution in [3.05, 3.63) is 30.2 Å². The van der Waals surface area contributed by atoms with E-state index in [2.05, 4.69) is 0 Å². The van der Waals surface area contributed by atoms with E-state index in [1.807, 2.05) is 20.8 Å². The van der Waals surface area contributed by atoms with E-state index in [9.17, 15) is 9.59 Å². The molecule has 0 aromatic carbocycles. The fraction of sp³-hybridized carbons (Fsp3) is 0.500. The number of furan rings is 1. The van der Waals surface area contributed by atoms with E-state index >= 15 is 0 Å². The van der Waals surface area contributed by atoms with Gasteiger partial charge in [-0.1, -0.05) is 0 Å². The van der Waals surface area contributed by atoms with Gasteiger partial charge in [0.1, 0.15) is 11.4 Å². The molecule has 0 N–H and O–H groups in total. The number of amides is 2. The summed E-state index contributed by atoms with van der Waals surface area (Å²) in [6.45, 7) is 7.48. The van der Waals surface area contributed by atoms with Gasteiger partial charge in [-0.15, -0.1) is 0 Å². The minimum Gasteiger partial charge on any atom is -0.465 e. The number of carbonyl (C=O) groups is 2. The lowest BCUT2D eigenvalue weighted by Gasteiger charge is -2.35. The lowest BCUT2D eigenvalue weighted by Crippen LogP contribution is -2.51. The van der Waals surface area contributed by atoms with Gasteiger partial charge in [0.15, 0.2) is 0 Å². The first-order valence-corrected chi connectivity index (χ1v) is 7.33. The zero-order valence-corrected chi connectivity index (χ0v) is 13.2. The summed E-state index contributed by atoms with van der Waals surface area (Å²) in [5.74, 6) is 0.556. The Kier molecular flexibility index (Phi) is 4.90. The molecule has 2 amide bonds. The highest BCUT2D eigenvalue weighted by Gasteiger charge is 2.26. The van der Waals surface area contributed by atoms with Gasteiger partial charge in [0.05, 0.1) is 6.26 Å². The molecule has 0 saturated carbocycles. The molecule has 6 nitrogen and oxygen atoms in total. The molecular weight excluding hydrogens is 284 g/mol. The molecule has 1 aromatic rings. The summed E-state index contributed by atoms with van der Waals surface area (Å²) in [5, 5.41) is 0. The van der Waals surface area contributed by atoms with Crippen LogP contribution in [0.3, 0.4) is 0 Å². The Balaban J connectivity index is 1.81. The smallest absolute Gasteiger partial charge is 0.410 e. The predicted octanol–water partition coefficient (Wildman–Crippen LogP) is 2.37. The van der Waals surface area contributed by atoms with E-state index in [1.54, 1.807) is 34.3 Å². The Bertz CT molecular complexity index is 535. The molecule has 1 aliphatic heterocycles. The summed E-state index contributed by atoms with van der Waals surface area (Å²) in [5.41, 5.74) is -0.504. The Labute approximate surface area is 130 Å². The highest BCUT2D eigenvalue weighted by atomic mass is 16.6. The molecule has 2 rings (SSSR count). The van der Waals surface area contributed by atoms with Gasteiger partial charge in [0.25, 0.3) is 0 Å². The third-order valence-electron chi connectivity index (χ3n) is 3.18. The molecule has 0 atom stereocenters. The maximum Gasteiger partial charge on any atom is 0.410 e. The minimum atomic E-state index is -0.504. The van der Waals surface area contributed by atoms with Crippen molar-refractivity contribution in [2.75, 3.05) is 26.2 Å². The summed E-state index contributed by atoms with van der Waals surface area (Å²) in [7, 11) is 0. The molecule has 22 heavy (non-hydrogen) atoms. The van der Waals surface area contributed by atoms with Crippen LogP contribution in [0.2, 0.25) is 0 Å². The van der Waals surface area contributed by atoms with Crippen molar-refractivity contribution in [3.63, 3.8) is 0 Å². The Morgan fingerprint density at radius 3 is 2.36 bits per heavy atom. The van der Waals surface area contributed by atoms with Crippen LogP contribution in [0.4, 0.5) is 4.79 Å². The first-order valence-electron chi connectivity index (χ1n) is 7.33. The summed E-state index contributed by atoms with van der Waals surface area (Å²) in [6, 6.07) is 3.55. The molecule has 0 unspecified atom stereocenters. The molecule has 1 saturated heterocycles. The first-order chi connectivity index (χ1) is 10.3. The summed E-state index contributed by atoms with van der Waals surface area (Å²) < 4.78 is 10.5. The molecule has 0 aliphatic carbocycles. The van der Waals surface area contributed by atoms with Gasteiger partial charge in [-0.05, 0) is 39.0 Å². The van der Waals surface area contributed by atoms with Crippen LogP contribution in [-0.2, 0) is 9.53 Å². The normalized spacial score (nSPS) is 16.1. The van der Waals surface area contributed by atoms with Gasteiger partial charge in [-0.25, -0.2) is 4.79 Å². The monoisotopic (exact) mass is 306 g/mol. The van der Waals surface area contributed by atoms with Crippen LogP contribution in [0.25, 0.3) is 6.08 Å². The van der Waals surface area contributed by atoms with Crippen molar-refractivity contribution in [2.24, 2.45) is 0 Å². The van der Waals surface area contributed by atoms with Crippen molar-refractivity contribution < 1.29 is 18.7 Å². The van der Waals surface area contributed by atoms with Crippen molar-refractivity contribution >= 4 is 18.1 Å². The summed E-state index contributed by atoms with van der Waals surface area (Å²) in [6.07, 6.45) is 4.36. The number of ether oxygens (including phenoxy) is 1. The van der Waals surface area contributed by atoms with Gasteiger partial charge in [0, 0.05) is 32.3 Å². The molecule has 0 radical (unpaired) electrons. The fourth-order valence-corrected chi connectivity index (χ4v) is 2.08. The number of hydrogen-bond acceptors (Lipinski definition) is 4. The molecule has 120 valence electrons. The van der Waals surface area contributed by atoms with Crippen molar-refractivity contribution in [2.45, 2.75) is 26.4 Å². The lowest BCUT2D eigenvalue weighted by molar-refractivity contribution is -0.127. The van der Waals surface area contributed by atoms with Crippen LogP contribution >= 0.6 is 0 Å². The van der Waals surface area contributed by atoms with Crippen molar-refractivity contribution in [3.8, 4) is 0 Å². The van der Waals surface area contributed by atoms with Crippen LogP contribution in [0.15, 0.2) is 28.9 Å². The van der Waals surface area contributed by atoms with Crippen LogP contribution in [0.5, 0.6) is 0 Å². The molecule has 0 bridgehead atoms. The van der Waals surface area contributed by atoms with Crippen LogP contribution in [0.1, 0.15) is 26.5 Å². The minimum absolute atomic E-state index is 0.0831. The van der Waals surface area contributed by atoms with Gasteiger partial charge in [0.2, 0.25) is 5.91 Å². The molecule has 0 spiro atoms. The number of carbonyl (C=O) groups excluding carboxylic acids is 2. The zero-order valence-electron chi connectivity index (χ0n) is 13.2. The van der Waals surface area contributed by atoms with Gasteiger partial charge in [-0.2, -0.15) is 0 Å². The molecule has 1 aromatic heterocycles. The molecular formula is C16H22N2O4. The van der Waals surface area contributed by atoms with E-state index < -0.39 is 5.60 Å². The first kappa shape index (κ1) is 16.1. The topological polar surface area (TPSA) is 63.0 Å². The maximum absolute atomic E-state index is 12.1. The Morgan fingerprint density at radius 1 is 1.18 bits per heavy atom. The standard InChI is InChI=1S/C16H22N2O4/c1-16(2,3)22-15(20)18-10-8-17(9-11-18)14(19)7-6-13-5-4-12-21-13/h4-7,12H,8-11H2,1-3H3/b7-6+. The van der Waals surface area contributed by atoms with Crippen LogP contribution in [-0.4, -0.2) is 53.6 Å². The van der Waals surface area contributed by atoms with Crippen molar-refractivity contribution in [1.29, 1.82) is 0 Å². The number of piperazine rings is 1. The van der Waals surface area contributed by atoms with Gasteiger partial charge in [-0.3, -0.25) is 4.79 Å². The molecule has 1 aliphatic rings. The highest BCUT2D eigenvalue weighted by Crippen LogP contribution is 2.12. The highest BCUT2D eigenvalue weighted by molar-refractivity contribution is 5.91. The number of nitrogens with zero attached hydrogens (tertiary/aromatic N) is 2. The third kappa shape index (κ3) is 4.65. The van der Waals surface area contributed by atoms with E-state index in [-0.39, 0.29) is 12.0 Å². The van der Waals surface area contributed by atoms with Gasteiger partial charge < -0.3 is 19.0 Å². The maximum atomic E-state index is 12.1. The van der Waals surface area contributed by atoms with Crippen LogP contribution in [0, 0.1) is 0 Å².